The highest BCUT2D eigenvalue weighted by Gasteiger charge is 2.69. The number of phenols is 1. The van der Waals surface area contributed by atoms with E-state index in [1.807, 2.05) is 0 Å². The Morgan fingerprint density at radius 1 is 1.00 bits per heavy atom. The number of ketones is 4. The highest BCUT2D eigenvalue weighted by molar-refractivity contribution is 6.32. The smallest absolute Gasteiger partial charge is 0.238 e. The van der Waals surface area contributed by atoms with E-state index in [9.17, 15) is 39.0 Å². The number of carbonyl (C=O) groups is 6. The van der Waals surface area contributed by atoms with Gasteiger partial charge in [-0.15, -0.1) is 0 Å². The summed E-state index contributed by atoms with van der Waals surface area (Å²) in [6.45, 7) is 2.13. The molecule has 5 N–H and O–H groups in total. The molecular formula is C34H38N4O8. The fourth-order valence-electron chi connectivity index (χ4n) is 8.13. The van der Waals surface area contributed by atoms with Crippen LogP contribution < -0.4 is 11.1 Å². The van der Waals surface area contributed by atoms with E-state index in [1.54, 1.807) is 44.4 Å². The van der Waals surface area contributed by atoms with Crippen molar-refractivity contribution in [2.24, 2.45) is 29.4 Å². The van der Waals surface area contributed by atoms with Crippen LogP contribution in [0.2, 0.25) is 0 Å². The second-order valence-electron chi connectivity index (χ2n) is 13.2. The van der Waals surface area contributed by atoms with Crippen molar-refractivity contribution in [2.75, 3.05) is 39.0 Å². The molecule has 3 fully saturated rings. The highest BCUT2D eigenvalue weighted by Crippen LogP contribution is 2.51. The van der Waals surface area contributed by atoms with E-state index < -0.39 is 64.4 Å². The first-order chi connectivity index (χ1) is 21.8. The van der Waals surface area contributed by atoms with E-state index in [-0.39, 0.29) is 30.1 Å². The zero-order valence-corrected chi connectivity index (χ0v) is 25.8. The third kappa shape index (κ3) is 5.04. The van der Waals surface area contributed by atoms with Crippen molar-refractivity contribution in [2.45, 2.75) is 43.7 Å². The molecule has 2 saturated carbocycles. The monoisotopic (exact) mass is 630 g/mol. The molecule has 0 aromatic heterocycles. The number of likely N-dealkylation sites (N-methyl/N-ethyl adjacent to an activating group) is 1. The number of aliphatic hydroxyl groups is 1. The summed E-state index contributed by atoms with van der Waals surface area (Å²) < 4.78 is 0. The van der Waals surface area contributed by atoms with Crippen LogP contribution in [-0.4, -0.2) is 100 Å². The van der Waals surface area contributed by atoms with Crippen molar-refractivity contribution < 1.29 is 39.0 Å². The van der Waals surface area contributed by atoms with Gasteiger partial charge in [0, 0.05) is 11.6 Å². The Labute approximate surface area is 265 Å². The van der Waals surface area contributed by atoms with Crippen molar-refractivity contribution in [3.8, 4) is 16.9 Å². The van der Waals surface area contributed by atoms with Crippen molar-refractivity contribution in [3.63, 3.8) is 0 Å². The third-order valence-electron chi connectivity index (χ3n) is 10.2. The van der Waals surface area contributed by atoms with Gasteiger partial charge < -0.3 is 21.3 Å². The van der Waals surface area contributed by atoms with Crippen molar-refractivity contribution in [1.82, 2.24) is 9.80 Å². The molecule has 2 aromatic carbocycles. The molecule has 2 amide bonds. The van der Waals surface area contributed by atoms with Crippen LogP contribution in [0.1, 0.15) is 41.6 Å². The van der Waals surface area contributed by atoms with Crippen LogP contribution in [0.25, 0.3) is 11.1 Å². The first-order valence-electron chi connectivity index (χ1n) is 15.7. The van der Waals surface area contributed by atoms with E-state index in [0.717, 1.165) is 25.9 Å². The Balaban J connectivity index is 1.31. The molecule has 12 heteroatoms. The number of carbonyl (C=O) groups excluding carboxylic acids is 6. The largest absolute Gasteiger partial charge is 0.507 e. The summed E-state index contributed by atoms with van der Waals surface area (Å²) in [6.07, 6.45) is 3.48. The quantitative estimate of drug-likeness (QED) is 0.335. The Morgan fingerprint density at radius 2 is 1.67 bits per heavy atom. The molecule has 1 saturated heterocycles. The minimum absolute atomic E-state index is 0.0268. The van der Waals surface area contributed by atoms with Gasteiger partial charge in [0.1, 0.15) is 5.75 Å². The van der Waals surface area contributed by atoms with Crippen LogP contribution in [0.15, 0.2) is 36.4 Å². The topological polar surface area (TPSA) is 187 Å². The van der Waals surface area contributed by atoms with Gasteiger partial charge in [-0.25, -0.2) is 0 Å². The maximum absolute atomic E-state index is 14.0. The molecule has 4 aliphatic rings. The Morgan fingerprint density at radius 3 is 2.30 bits per heavy atom. The number of fused-ring (bicyclic) bond motifs is 3. The number of anilines is 1. The average molecular weight is 631 g/mol. The number of Topliss-reactive ketones (excluding diaryl/α,β-unsaturated/α-hetero) is 4. The number of hydrogen-bond donors (Lipinski definition) is 4. The summed E-state index contributed by atoms with van der Waals surface area (Å²) in [5.41, 5.74) is 5.03. The summed E-state index contributed by atoms with van der Waals surface area (Å²) in [4.78, 5) is 83.1. The van der Waals surface area contributed by atoms with Crippen molar-refractivity contribution in [1.29, 1.82) is 0 Å². The normalized spacial score (nSPS) is 29.6. The van der Waals surface area contributed by atoms with Gasteiger partial charge in [0.15, 0.2) is 34.7 Å². The lowest BCUT2D eigenvalue weighted by molar-refractivity contribution is -0.181. The molecule has 46 heavy (non-hydrogen) atoms. The number of piperidine rings is 1. The number of benzene rings is 2. The number of nitrogens with one attached hydrogen (secondary N) is 1. The average Bonchev–Trinajstić information content (AvgIpc) is 3.00. The third-order valence-corrected chi connectivity index (χ3v) is 10.2. The van der Waals surface area contributed by atoms with Gasteiger partial charge in [0.2, 0.25) is 11.8 Å². The zero-order chi connectivity index (χ0) is 33.1. The van der Waals surface area contributed by atoms with E-state index in [2.05, 4.69) is 10.2 Å². The van der Waals surface area contributed by atoms with E-state index >= 15 is 0 Å². The Kier molecular flexibility index (Phi) is 8.16. The molecule has 3 unspecified atom stereocenters. The fourth-order valence-corrected chi connectivity index (χ4v) is 8.13. The van der Waals surface area contributed by atoms with Crippen LogP contribution in [0.4, 0.5) is 5.69 Å². The number of amides is 2. The van der Waals surface area contributed by atoms with Crippen LogP contribution in [0, 0.1) is 23.7 Å². The van der Waals surface area contributed by atoms with Crippen LogP contribution >= 0.6 is 0 Å². The van der Waals surface area contributed by atoms with Gasteiger partial charge in [0.05, 0.1) is 24.1 Å². The van der Waals surface area contributed by atoms with Crippen LogP contribution in [0.5, 0.6) is 5.75 Å². The van der Waals surface area contributed by atoms with Gasteiger partial charge in [0.25, 0.3) is 0 Å². The second kappa shape index (κ2) is 11.8. The predicted octanol–water partition coefficient (Wildman–Crippen LogP) is 0.958. The number of likely N-dealkylation sites (tertiary alicyclic amines) is 1. The fraction of sp³-hybridized carbons (Fsp3) is 0.471. The number of nitrogens with zero attached hydrogens (tertiary/aromatic N) is 2. The number of aromatic hydroxyl groups is 1. The van der Waals surface area contributed by atoms with E-state index in [0.29, 0.717) is 28.9 Å². The standard InChI is InChI=1S/C34H38N4O8/c1-37(2)28-22-15-18-14-21-20(17-6-8-19(9-7-17)36-24(40)16-38-12-4-3-5-13-38)10-11-23(39)26(21)29(41)25(18)31(43)34(22,46)32(44)27(30(28)42)33(35)45/h6-11,18,22,25,27-28,39,46H,3-5,12-16H2,1-2H3,(H2,35,45)(H,36,40)/t18-,22-,25?,27?,28?,34-/m0/s1. The molecule has 6 rings (SSSR count). The summed E-state index contributed by atoms with van der Waals surface area (Å²) in [7, 11) is 3.09. The molecule has 2 aromatic rings. The molecule has 1 heterocycles. The Hall–Kier alpha value is -4.26. The molecule has 1 aliphatic heterocycles. The first-order valence-corrected chi connectivity index (χ1v) is 15.7. The van der Waals surface area contributed by atoms with Crippen LogP contribution in [-0.2, 0) is 30.4 Å². The lowest BCUT2D eigenvalue weighted by atomic mass is 9.52. The first kappa shape index (κ1) is 31.7. The maximum Gasteiger partial charge on any atom is 0.238 e. The van der Waals surface area contributed by atoms with Gasteiger partial charge in [-0.05, 0) is 93.7 Å². The van der Waals surface area contributed by atoms with E-state index in [4.69, 9.17) is 5.73 Å². The predicted molar refractivity (Wildman–Crippen MR) is 166 cm³/mol. The van der Waals surface area contributed by atoms with Crippen molar-refractivity contribution in [3.05, 3.63) is 47.5 Å². The van der Waals surface area contributed by atoms with Gasteiger partial charge >= 0.3 is 0 Å². The summed E-state index contributed by atoms with van der Waals surface area (Å²) >= 11 is 0. The molecule has 3 aliphatic carbocycles. The molecule has 12 nitrogen and oxygen atoms in total. The Bertz CT molecular complexity index is 1650. The van der Waals surface area contributed by atoms with Gasteiger partial charge in [-0.3, -0.25) is 38.6 Å². The van der Waals surface area contributed by atoms with Crippen LogP contribution in [0.3, 0.4) is 0 Å². The highest BCUT2D eigenvalue weighted by atomic mass is 16.3. The molecule has 0 spiro atoms. The lowest BCUT2D eigenvalue weighted by Crippen LogP contribution is -2.74. The molecule has 0 bridgehead atoms. The van der Waals surface area contributed by atoms with E-state index in [1.165, 1.54) is 17.4 Å². The number of phenolic OH excluding ortho intramolecular Hbond substituents is 1. The van der Waals surface area contributed by atoms with Gasteiger partial charge in [-0.2, -0.15) is 0 Å². The molecular weight excluding hydrogens is 592 g/mol. The second-order valence-corrected chi connectivity index (χ2v) is 13.2. The summed E-state index contributed by atoms with van der Waals surface area (Å²) in [5, 5.41) is 25.5. The number of primary amides is 1. The SMILES string of the molecule is CN(C)C1C(=O)C(C(N)=O)C(=O)[C@@]2(O)C(=O)C3C(=O)c4c(O)ccc(-c5ccc(NC(=O)CN6CCCCC6)cc5)c4C[C@H]3C[C@@H]12. The van der Waals surface area contributed by atoms with Gasteiger partial charge in [-0.1, -0.05) is 24.6 Å². The number of nitrogens with two attached hydrogens (primary N) is 1. The number of rotatable bonds is 6. The van der Waals surface area contributed by atoms with Crippen molar-refractivity contribution >= 4 is 40.6 Å². The molecule has 6 atom stereocenters. The summed E-state index contributed by atoms with van der Waals surface area (Å²) in [6, 6.07) is 9.00. The molecule has 242 valence electrons. The number of hydrogen-bond acceptors (Lipinski definition) is 10. The minimum Gasteiger partial charge on any atom is -0.507 e. The lowest BCUT2D eigenvalue weighted by Gasteiger charge is -2.52. The maximum atomic E-state index is 14.0. The summed E-state index contributed by atoms with van der Waals surface area (Å²) in [5.74, 6) is -10.9. The zero-order valence-electron chi connectivity index (χ0n) is 25.8. The molecule has 0 radical (unpaired) electrons. The minimum atomic E-state index is -2.77.